The Morgan fingerprint density at radius 1 is 1.30 bits per heavy atom. The molecule has 1 aromatic carbocycles. The predicted octanol–water partition coefficient (Wildman–Crippen LogP) is 4.05. The van der Waals surface area contributed by atoms with Gasteiger partial charge in [-0.25, -0.2) is 0 Å². The maximum atomic E-state index is 12.9. The molecule has 23 heavy (non-hydrogen) atoms. The van der Waals surface area contributed by atoms with E-state index in [0.29, 0.717) is 12.1 Å². The van der Waals surface area contributed by atoms with Gasteiger partial charge in [0.15, 0.2) is 0 Å². The Morgan fingerprint density at radius 3 is 2.26 bits per heavy atom. The zero-order valence-electron chi connectivity index (χ0n) is 12.7. The summed E-state index contributed by atoms with van der Waals surface area (Å²) in [5.41, 5.74) is -2.18. The lowest BCUT2D eigenvalue weighted by Gasteiger charge is -2.19. The fourth-order valence-corrected chi connectivity index (χ4v) is 2.09. The van der Waals surface area contributed by atoms with Crippen LogP contribution in [0.1, 0.15) is 31.9 Å². The average Bonchev–Trinajstić information content (AvgIpc) is 2.41. The highest BCUT2D eigenvalue weighted by Crippen LogP contribution is 2.33. The van der Waals surface area contributed by atoms with Gasteiger partial charge in [-0.05, 0) is 32.9 Å². The highest BCUT2D eigenvalue weighted by atomic mass is 32.2. The Bertz CT molecular complexity index is 652. The lowest BCUT2D eigenvalue weighted by atomic mass is 10.0. The van der Waals surface area contributed by atoms with E-state index in [-0.39, 0.29) is 11.3 Å². The van der Waals surface area contributed by atoms with Crippen molar-refractivity contribution in [1.29, 1.82) is 0 Å². The molecule has 0 bridgehead atoms. The van der Waals surface area contributed by atoms with Crippen molar-refractivity contribution < 1.29 is 22.6 Å². The van der Waals surface area contributed by atoms with Crippen LogP contribution in [-0.4, -0.2) is 19.9 Å². The van der Waals surface area contributed by atoms with Crippen LogP contribution >= 0.6 is 0 Å². The normalized spacial score (nSPS) is 14.5. The van der Waals surface area contributed by atoms with Crippen molar-refractivity contribution in [3.05, 3.63) is 52.1 Å². The fourth-order valence-electron chi connectivity index (χ4n) is 1.46. The molecule has 0 N–H and O–H groups in total. The lowest BCUT2D eigenvalue weighted by Crippen LogP contribution is -2.26. The molecule has 126 valence electrons. The van der Waals surface area contributed by atoms with Gasteiger partial charge >= 0.3 is 6.18 Å². The van der Waals surface area contributed by atoms with Gasteiger partial charge in [0.25, 0.3) is 5.69 Å². The average molecular weight is 348 g/mol. The summed E-state index contributed by atoms with van der Waals surface area (Å²) in [5, 5.41) is 10.8. The van der Waals surface area contributed by atoms with E-state index in [1.807, 2.05) is 0 Å². The summed E-state index contributed by atoms with van der Waals surface area (Å²) >= 11 is -1.75. The summed E-state index contributed by atoms with van der Waals surface area (Å²) in [7, 11) is 0. The molecule has 0 aliphatic rings. The Hall–Kier alpha value is -1.87. The molecular formula is C14H15F3N2O3S. The number of nitro groups is 1. The van der Waals surface area contributed by atoms with Gasteiger partial charge in [0, 0.05) is 17.7 Å². The van der Waals surface area contributed by atoms with E-state index in [4.69, 9.17) is 0 Å². The van der Waals surface area contributed by atoms with Gasteiger partial charge < -0.3 is 4.55 Å². The third kappa shape index (κ3) is 5.07. The second-order valence-electron chi connectivity index (χ2n) is 5.57. The van der Waals surface area contributed by atoms with Crippen LogP contribution in [0.3, 0.4) is 0 Å². The van der Waals surface area contributed by atoms with E-state index in [1.165, 1.54) is 0 Å². The minimum Gasteiger partial charge on any atom is -0.591 e. The third-order valence-electron chi connectivity index (χ3n) is 2.65. The van der Waals surface area contributed by atoms with Gasteiger partial charge in [0.2, 0.25) is 0 Å². The van der Waals surface area contributed by atoms with Crippen LogP contribution in [0, 0.1) is 10.1 Å². The molecule has 0 aromatic heterocycles. The van der Waals surface area contributed by atoms with Gasteiger partial charge in [0.05, 0.1) is 10.5 Å². The Balaban J connectivity index is 3.50. The number of halogens is 3. The van der Waals surface area contributed by atoms with E-state index >= 15 is 0 Å². The monoisotopic (exact) mass is 348 g/mol. The first kappa shape index (κ1) is 19.2. The second-order valence-corrected chi connectivity index (χ2v) is 7.47. The number of hydrogen-bond acceptors (Lipinski definition) is 4. The van der Waals surface area contributed by atoms with Gasteiger partial charge in [0.1, 0.15) is 21.8 Å². The second kappa shape index (κ2) is 6.71. The topological polar surface area (TPSA) is 78.6 Å². The number of allylic oxidation sites excluding steroid dienone is 1. The van der Waals surface area contributed by atoms with Crippen LogP contribution in [0.25, 0.3) is 0 Å². The number of alkyl halides is 3. The molecule has 1 unspecified atom stereocenters. The molecule has 0 amide bonds. The summed E-state index contributed by atoms with van der Waals surface area (Å²) < 4.78 is 53.8. The minimum atomic E-state index is -4.75. The zero-order chi connectivity index (χ0) is 18.0. The van der Waals surface area contributed by atoms with E-state index in [2.05, 4.69) is 11.0 Å². The quantitative estimate of drug-likeness (QED) is 0.356. The van der Waals surface area contributed by atoms with Crippen molar-refractivity contribution in [1.82, 2.24) is 0 Å². The van der Waals surface area contributed by atoms with Gasteiger partial charge in [-0.3, -0.25) is 10.1 Å². The van der Waals surface area contributed by atoms with Gasteiger partial charge in [-0.2, -0.15) is 13.2 Å². The van der Waals surface area contributed by atoms with Crippen LogP contribution in [-0.2, 0) is 17.5 Å². The number of nitro benzene ring substituents is 1. The maximum Gasteiger partial charge on any atom is 0.416 e. The molecule has 0 aliphatic heterocycles. The predicted molar refractivity (Wildman–Crippen MR) is 82.7 cm³/mol. The molecule has 1 atom stereocenters. The summed E-state index contributed by atoms with van der Waals surface area (Å²) in [5.74, 6) is 0. The molecule has 0 spiro atoms. The highest BCUT2D eigenvalue weighted by molar-refractivity contribution is 7.91. The number of hydrogen-bond donors (Lipinski definition) is 0. The molecule has 9 heteroatoms. The Kier molecular flexibility index (Phi) is 5.60. The van der Waals surface area contributed by atoms with E-state index in [9.17, 15) is 27.8 Å². The maximum absolute atomic E-state index is 12.9. The molecule has 0 radical (unpaired) electrons. The van der Waals surface area contributed by atoms with Crippen LogP contribution in [0.15, 0.2) is 35.3 Å². The minimum absolute atomic E-state index is 0.104. The van der Waals surface area contributed by atoms with Crippen molar-refractivity contribution in [3.63, 3.8) is 0 Å². The summed E-state index contributed by atoms with van der Waals surface area (Å²) in [6.07, 6.45) is -3.64. The zero-order valence-corrected chi connectivity index (χ0v) is 13.5. The first-order valence-corrected chi connectivity index (χ1v) is 7.47. The standard InChI is InChI=1S/C14H15F3N2O3S/c1-5-12(18-23(22)13(2,3)4)9-6-10(14(15,16)17)8-11(7-9)19(20)21/h5-8H,1H2,2-4H3. The molecule has 0 fully saturated rings. The van der Waals surface area contributed by atoms with Crippen molar-refractivity contribution >= 4 is 22.8 Å². The fraction of sp³-hybridized carbons (Fsp3) is 0.357. The number of benzene rings is 1. The van der Waals surface area contributed by atoms with Crippen LogP contribution in [0.4, 0.5) is 18.9 Å². The van der Waals surface area contributed by atoms with E-state index < -0.39 is 38.5 Å². The van der Waals surface area contributed by atoms with E-state index in [1.54, 1.807) is 20.8 Å². The molecule has 0 heterocycles. The number of nitrogens with zero attached hydrogens (tertiary/aromatic N) is 2. The first-order valence-electron chi connectivity index (χ1n) is 6.36. The van der Waals surface area contributed by atoms with Crippen molar-refractivity contribution in [3.8, 4) is 0 Å². The smallest absolute Gasteiger partial charge is 0.416 e. The number of non-ortho nitro benzene ring substituents is 1. The van der Waals surface area contributed by atoms with Crippen molar-refractivity contribution in [2.24, 2.45) is 4.40 Å². The molecule has 0 aliphatic carbocycles. The lowest BCUT2D eigenvalue weighted by molar-refractivity contribution is -0.385. The Morgan fingerprint density at radius 2 is 1.87 bits per heavy atom. The van der Waals surface area contributed by atoms with Crippen molar-refractivity contribution in [2.75, 3.05) is 0 Å². The summed E-state index contributed by atoms with van der Waals surface area (Å²) in [6, 6.07) is 2.09. The summed E-state index contributed by atoms with van der Waals surface area (Å²) in [4.78, 5) is 9.91. The third-order valence-corrected chi connectivity index (χ3v) is 4.06. The van der Waals surface area contributed by atoms with Gasteiger partial charge in [-0.15, -0.1) is 0 Å². The SMILES string of the molecule is C=CC(=N[S+]([O-])C(C)(C)C)c1cc([N+](=O)[O-])cc(C(F)(F)F)c1. The van der Waals surface area contributed by atoms with Crippen molar-refractivity contribution in [2.45, 2.75) is 31.7 Å². The van der Waals surface area contributed by atoms with Crippen LogP contribution in [0.2, 0.25) is 0 Å². The Labute approximate surface area is 134 Å². The van der Waals surface area contributed by atoms with Crippen LogP contribution in [0.5, 0.6) is 0 Å². The molecule has 0 saturated carbocycles. The molecule has 0 saturated heterocycles. The van der Waals surface area contributed by atoms with Gasteiger partial charge in [-0.1, -0.05) is 11.0 Å². The number of rotatable bonds is 4. The molecule has 1 aromatic rings. The summed E-state index contributed by atoms with van der Waals surface area (Å²) in [6.45, 7) is 8.34. The van der Waals surface area contributed by atoms with Crippen LogP contribution < -0.4 is 0 Å². The first-order chi connectivity index (χ1) is 10.4. The molecule has 5 nitrogen and oxygen atoms in total. The largest absolute Gasteiger partial charge is 0.591 e. The van der Waals surface area contributed by atoms with E-state index in [0.717, 1.165) is 12.1 Å². The highest BCUT2D eigenvalue weighted by Gasteiger charge is 2.33. The molecule has 1 rings (SSSR count). The molecular weight excluding hydrogens is 333 g/mol.